The molecule has 0 unspecified atom stereocenters. The number of nitrogens with zero attached hydrogens (tertiary/aromatic N) is 2. The molecular weight excluding hydrogens is 298 g/mol. The van der Waals surface area contributed by atoms with Gasteiger partial charge in [0, 0.05) is 37.9 Å². The van der Waals surface area contributed by atoms with Gasteiger partial charge in [-0.3, -0.25) is 4.90 Å². The van der Waals surface area contributed by atoms with Crippen LogP contribution in [0.25, 0.3) is 0 Å². The Labute approximate surface area is 147 Å². The van der Waals surface area contributed by atoms with E-state index in [1.807, 2.05) is 0 Å². The average Bonchev–Trinajstić information content (AvgIpc) is 2.49. The van der Waals surface area contributed by atoms with Crippen molar-refractivity contribution in [1.29, 1.82) is 0 Å². The lowest BCUT2D eigenvalue weighted by atomic mass is 9.94. The van der Waals surface area contributed by atoms with Gasteiger partial charge < -0.3 is 15.0 Å². The first-order valence-corrected chi connectivity index (χ1v) is 9.41. The van der Waals surface area contributed by atoms with E-state index in [0.717, 1.165) is 19.6 Å². The maximum absolute atomic E-state index is 5.84. The van der Waals surface area contributed by atoms with E-state index in [4.69, 9.17) is 4.74 Å². The number of ether oxygens (including phenoxy) is 1. The van der Waals surface area contributed by atoms with Crippen LogP contribution in [0.2, 0.25) is 0 Å². The zero-order chi connectivity index (χ0) is 17.1. The van der Waals surface area contributed by atoms with Gasteiger partial charge >= 0.3 is 0 Å². The van der Waals surface area contributed by atoms with Gasteiger partial charge in [0.2, 0.25) is 0 Å². The van der Waals surface area contributed by atoms with Crippen LogP contribution in [0, 0.1) is 5.92 Å². The summed E-state index contributed by atoms with van der Waals surface area (Å²) in [6.45, 7) is 12.1. The zero-order valence-corrected chi connectivity index (χ0v) is 15.7. The highest BCUT2D eigenvalue weighted by Gasteiger charge is 2.24. The summed E-state index contributed by atoms with van der Waals surface area (Å²) in [6, 6.07) is 9.55. The van der Waals surface area contributed by atoms with E-state index in [0.29, 0.717) is 24.2 Å². The van der Waals surface area contributed by atoms with Gasteiger partial charge in [0.05, 0.1) is 12.2 Å². The summed E-state index contributed by atoms with van der Waals surface area (Å²) in [7, 11) is 2.22. The number of likely N-dealkylation sites (tertiary alicyclic amines) is 1. The minimum absolute atomic E-state index is 0.329. The Morgan fingerprint density at radius 3 is 2.58 bits per heavy atom. The lowest BCUT2D eigenvalue weighted by molar-refractivity contribution is -0.0704. The van der Waals surface area contributed by atoms with Crippen molar-refractivity contribution in [2.75, 3.05) is 38.5 Å². The lowest BCUT2D eigenvalue weighted by Gasteiger charge is -2.36. The molecule has 24 heavy (non-hydrogen) atoms. The first-order chi connectivity index (χ1) is 11.5. The molecule has 2 fully saturated rings. The van der Waals surface area contributed by atoms with E-state index in [1.54, 1.807) is 0 Å². The van der Waals surface area contributed by atoms with Crippen LogP contribution in [0.3, 0.4) is 0 Å². The van der Waals surface area contributed by atoms with Crippen molar-refractivity contribution in [3.63, 3.8) is 0 Å². The van der Waals surface area contributed by atoms with Crippen LogP contribution in [0.5, 0.6) is 0 Å². The predicted molar refractivity (Wildman–Crippen MR) is 100 cm³/mol. The Morgan fingerprint density at radius 2 is 1.88 bits per heavy atom. The maximum atomic E-state index is 5.84. The van der Waals surface area contributed by atoms with Crippen molar-refractivity contribution in [2.45, 2.75) is 52.0 Å². The molecule has 4 heteroatoms. The third-order valence-corrected chi connectivity index (χ3v) is 5.29. The van der Waals surface area contributed by atoms with Crippen LogP contribution in [0.15, 0.2) is 24.3 Å². The molecule has 134 valence electrons. The summed E-state index contributed by atoms with van der Waals surface area (Å²) in [5, 5.41) is 3.78. The van der Waals surface area contributed by atoms with Crippen molar-refractivity contribution >= 4 is 5.69 Å². The molecule has 2 saturated heterocycles. The molecule has 0 saturated carbocycles. The molecule has 1 aromatic carbocycles. The number of morpholine rings is 1. The molecule has 0 aliphatic carbocycles. The molecule has 2 aliphatic rings. The molecule has 2 heterocycles. The van der Waals surface area contributed by atoms with Crippen LogP contribution in [0.1, 0.15) is 32.8 Å². The summed E-state index contributed by atoms with van der Waals surface area (Å²) in [6.07, 6.45) is 1.88. The molecule has 0 amide bonds. The number of benzene rings is 1. The van der Waals surface area contributed by atoms with Crippen LogP contribution >= 0.6 is 0 Å². The molecule has 0 radical (unpaired) electrons. The van der Waals surface area contributed by atoms with Crippen LogP contribution in [0.4, 0.5) is 5.69 Å². The van der Waals surface area contributed by atoms with Crippen LogP contribution < -0.4 is 5.32 Å². The van der Waals surface area contributed by atoms with Crippen LogP contribution in [-0.2, 0) is 11.3 Å². The zero-order valence-electron chi connectivity index (χ0n) is 15.7. The second kappa shape index (κ2) is 7.85. The SMILES string of the molecule is C[C@@H]1CN(Cc2cccc(N[C@@H]3CCN(C)C[C@H]3C)c2)C[C@H](C)O1. The molecule has 0 bridgehead atoms. The summed E-state index contributed by atoms with van der Waals surface area (Å²) in [5.41, 5.74) is 2.66. The normalized spacial score (nSPS) is 32.7. The minimum Gasteiger partial charge on any atom is -0.382 e. The van der Waals surface area contributed by atoms with E-state index >= 15 is 0 Å². The van der Waals surface area contributed by atoms with E-state index in [-0.39, 0.29) is 0 Å². The minimum atomic E-state index is 0.329. The summed E-state index contributed by atoms with van der Waals surface area (Å²) in [4.78, 5) is 4.94. The van der Waals surface area contributed by atoms with E-state index in [2.05, 4.69) is 67.2 Å². The average molecular weight is 332 g/mol. The number of hydrogen-bond acceptors (Lipinski definition) is 4. The second-order valence-corrected chi connectivity index (χ2v) is 7.93. The largest absolute Gasteiger partial charge is 0.382 e. The first kappa shape index (κ1) is 17.7. The van der Waals surface area contributed by atoms with E-state index in [9.17, 15) is 0 Å². The van der Waals surface area contributed by atoms with Gasteiger partial charge in [-0.15, -0.1) is 0 Å². The Bertz CT molecular complexity index is 525. The molecule has 2 aliphatic heterocycles. The molecule has 4 nitrogen and oxygen atoms in total. The molecule has 4 atom stereocenters. The molecule has 3 rings (SSSR count). The highest BCUT2D eigenvalue weighted by atomic mass is 16.5. The Kier molecular flexibility index (Phi) is 5.80. The number of piperidine rings is 1. The van der Waals surface area contributed by atoms with Gasteiger partial charge in [-0.25, -0.2) is 0 Å². The van der Waals surface area contributed by atoms with Crippen molar-refractivity contribution in [3.05, 3.63) is 29.8 Å². The van der Waals surface area contributed by atoms with Gasteiger partial charge in [0.1, 0.15) is 0 Å². The number of rotatable bonds is 4. The lowest BCUT2D eigenvalue weighted by Crippen LogP contribution is -2.44. The van der Waals surface area contributed by atoms with Gasteiger partial charge in [0.25, 0.3) is 0 Å². The van der Waals surface area contributed by atoms with Gasteiger partial charge in [-0.2, -0.15) is 0 Å². The topological polar surface area (TPSA) is 27.7 Å². The van der Waals surface area contributed by atoms with Crippen molar-refractivity contribution in [1.82, 2.24) is 9.80 Å². The molecule has 1 aromatic rings. The fourth-order valence-electron chi connectivity index (χ4n) is 4.21. The predicted octanol–water partition coefficient (Wildman–Crippen LogP) is 3.05. The fourth-order valence-corrected chi connectivity index (χ4v) is 4.21. The maximum Gasteiger partial charge on any atom is 0.0678 e. The van der Waals surface area contributed by atoms with Crippen molar-refractivity contribution < 1.29 is 4.74 Å². The highest BCUT2D eigenvalue weighted by molar-refractivity contribution is 5.46. The Hall–Kier alpha value is -1.10. The monoisotopic (exact) mass is 331 g/mol. The van der Waals surface area contributed by atoms with Gasteiger partial charge in [-0.05, 0) is 57.5 Å². The molecule has 0 aromatic heterocycles. The van der Waals surface area contributed by atoms with Crippen molar-refractivity contribution in [2.24, 2.45) is 5.92 Å². The van der Waals surface area contributed by atoms with Crippen LogP contribution in [-0.4, -0.2) is 61.3 Å². The smallest absolute Gasteiger partial charge is 0.0678 e. The quantitative estimate of drug-likeness (QED) is 0.918. The van der Waals surface area contributed by atoms with Gasteiger partial charge in [-0.1, -0.05) is 19.1 Å². The molecular formula is C20H33N3O. The summed E-state index contributed by atoms with van der Waals surface area (Å²) in [5.74, 6) is 0.688. The molecule has 0 spiro atoms. The fraction of sp³-hybridized carbons (Fsp3) is 0.700. The number of anilines is 1. The second-order valence-electron chi connectivity index (χ2n) is 7.93. The molecule has 1 N–H and O–H groups in total. The summed E-state index contributed by atoms with van der Waals surface area (Å²) < 4.78 is 5.84. The Balaban J connectivity index is 1.60. The Morgan fingerprint density at radius 1 is 1.12 bits per heavy atom. The third kappa shape index (κ3) is 4.71. The number of hydrogen-bond donors (Lipinski definition) is 1. The number of nitrogens with one attached hydrogen (secondary N) is 1. The highest BCUT2D eigenvalue weighted by Crippen LogP contribution is 2.22. The standard InChI is InChI=1S/C20H33N3O/c1-15-11-22(4)9-8-20(15)21-19-7-5-6-18(10-19)14-23-12-16(2)24-17(3)13-23/h5-7,10,15-17,20-21H,8-9,11-14H2,1-4H3/t15-,16-,17+,20-/m1/s1. The van der Waals surface area contributed by atoms with E-state index < -0.39 is 0 Å². The van der Waals surface area contributed by atoms with Crippen molar-refractivity contribution in [3.8, 4) is 0 Å². The first-order valence-electron chi connectivity index (χ1n) is 9.41. The van der Waals surface area contributed by atoms with Gasteiger partial charge in [0.15, 0.2) is 0 Å². The summed E-state index contributed by atoms with van der Waals surface area (Å²) >= 11 is 0. The third-order valence-electron chi connectivity index (χ3n) is 5.29. The van der Waals surface area contributed by atoms with E-state index in [1.165, 1.54) is 30.8 Å².